The number of hydrogen-bond acceptors (Lipinski definition) is 2. The van der Waals surface area contributed by atoms with E-state index in [0.717, 1.165) is 0 Å². The van der Waals surface area contributed by atoms with Gasteiger partial charge in [0.05, 0.1) is 4.47 Å². The molecule has 5 nitrogen and oxygen atoms in total. The van der Waals surface area contributed by atoms with Crippen LogP contribution in [0, 0.1) is 5.82 Å². The van der Waals surface area contributed by atoms with Crippen molar-refractivity contribution in [1.82, 2.24) is 10.3 Å². The molecule has 0 aliphatic carbocycles. The highest BCUT2D eigenvalue weighted by Crippen LogP contribution is 2.16. The molecule has 1 aromatic carbocycles. The summed E-state index contributed by atoms with van der Waals surface area (Å²) in [5, 5.41) is 3.70. The van der Waals surface area contributed by atoms with E-state index in [-0.39, 0.29) is 16.1 Å². The Hall–Kier alpha value is -1.63. The quantitative estimate of drug-likeness (QED) is 0.493. The maximum Gasteiger partial charge on any atom is 0.337 e. The maximum absolute atomic E-state index is 13.0. The first kappa shape index (κ1) is 13.4. The first-order valence-electron chi connectivity index (χ1n) is 4.67. The van der Waals surface area contributed by atoms with Crippen molar-refractivity contribution in [3.05, 3.63) is 34.1 Å². The molecule has 0 radical (unpaired) electrons. The molecule has 1 rings (SSSR count). The van der Waals surface area contributed by atoms with Crippen LogP contribution in [0.15, 0.2) is 27.8 Å². The van der Waals surface area contributed by atoms with E-state index < -0.39 is 6.03 Å². The van der Waals surface area contributed by atoms with Crippen LogP contribution < -0.4 is 11.2 Å². The Morgan fingerprint density at radius 2 is 2.18 bits per heavy atom. The Balaban J connectivity index is 2.81. The van der Waals surface area contributed by atoms with E-state index in [1.54, 1.807) is 14.1 Å². The van der Waals surface area contributed by atoms with Crippen LogP contribution in [0.1, 0.15) is 5.56 Å². The van der Waals surface area contributed by atoms with Gasteiger partial charge in [-0.05, 0) is 34.1 Å². The van der Waals surface area contributed by atoms with E-state index in [0.29, 0.717) is 5.56 Å². The molecule has 0 aliphatic rings. The molecule has 7 heteroatoms. The van der Waals surface area contributed by atoms with Gasteiger partial charge in [-0.2, -0.15) is 5.10 Å². The second kappa shape index (κ2) is 5.62. The zero-order valence-electron chi connectivity index (χ0n) is 9.37. The highest BCUT2D eigenvalue weighted by atomic mass is 79.9. The minimum absolute atomic E-state index is 0.0981. The summed E-state index contributed by atoms with van der Waals surface area (Å²) < 4.78 is 13.3. The number of benzene rings is 1. The van der Waals surface area contributed by atoms with E-state index in [1.165, 1.54) is 23.1 Å². The topological polar surface area (TPSA) is 70.7 Å². The number of amidine groups is 1. The average Bonchev–Trinajstić information content (AvgIpc) is 2.28. The molecule has 92 valence electrons. The van der Waals surface area contributed by atoms with Crippen LogP contribution in [-0.4, -0.2) is 30.9 Å². The first-order chi connectivity index (χ1) is 7.91. The fraction of sp³-hybridized carbons (Fsp3) is 0.200. The Morgan fingerprint density at radius 3 is 2.71 bits per heavy atom. The summed E-state index contributed by atoms with van der Waals surface area (Å²) in [6.45, 7) is 0. The number of nitrogens with zero attached hydrogens (tertiary/aromatic N) is 2. The van der Waals surface area contributed by atoms with Crippen molar-refractivity contribution < 1.29 is 9.18 Å². The van der Waals surface area contributed by atoms with Gasteiger partial charge in [0, 0.05) is 19.7 Å². The van der Waals surface area contributed by atoms with Gasteiger partial charge in [0.15, 0.2) is 5.84 Å². The summed E-state index contributed by atoms with van der Waals surface area (Å²) >= 11 is 3.04. The van der Waals surface area contributed by atoms with Crippen LogP contribution in [0.3, 0.4) is 0 Å². The summed E-state index contributed by atoms with van der Waals surface area (Å²) in [6.07, 6.45) is 0. The number of rotatable bonds is 2. The number of hydrazone groups is 1. The third kappa shape index (κ3) is 3.70. The lowest BCUT2D eigenvalue weighted by Gasteiger charge is -2.09. The van der Waals surface area contributed by atoms with Crippen LogP contribution in [0.4, 0.5) is 9.18 Å². The van der Waals surface area contributed by atoms with Gasteiger partial charge >= 0.3 is 6.03 Å². The zero-order chi connectivity index (χ0) is 13.0. The van der Waals surface area contributed by atoms with Gasteiger partial charge in [0.25, 0.3) is 0 Å². The largest absolute Gasteiger partial charge is 0.382 e. The van der Waals surface area contributed by atoms with E-state index >= 15 is 0 Å². The second-order valence-electron chi connectivity index (χ2n) is 3.44. The van der Waals surface area contributed by atoms with E-state index in [1.807, 2.05) is 0 Å². The third-order valence-corrected chi connectivity index (χ3v) is 2.50. The Labute approximate surface area is 107 Å². The van der Waals surface area contributed by atoms with Crippen molar-refractivity contribution in [3.8, 4) is 0 Å². The van der Waals surface area contributed by atoms with Crippen molar-refractivity contribution in [2.45, 2.75) is 0 Å². The van der Waals surface area contributed by atoms with Crippen LogP contribution in [0.25, 0.3) is 0 Å². The molecular weight excluding hydrogens is 291 g/mol. The molecule has 0 atom stereocenters. The Bertz CT molecular complexity index is 462. The van der Waals surface area contributed by atoms with Crippen molar-refractivity contribution in [2.24, 2.45) is 10.8 Å². The predicted molar refractivity (Wildman–Crippen MR) is 67.0 cm³/mol. The van der Waals surface area contributed by atoms with E-state index in [9.17, 15) is 9.18 Å². The Morgan fingerprint density at radius 1 is 1.53 bits per heavy atom. The molecule has 3 N–H and O–H groups in total. The summed E-state index contributed by atoms with van der Waals surface area (Å²) in [4.78, 5) is 12.5. The highest BCUT2D eigenvalue weighted by Gasteiger charge is 2.05. The number of carbonyl (C=O) groups excluding carboxylic acids is 1. The van der Waals surface area contributed by atoms with Gasteiger partial charge in [-0.25, -0.2) is 14.6 Å². The molecule has 1 aromatic rings. The fourth-order valence-corrected chi connectivity index (χ4v) is 1.31. The summed E-state index contributed by atoms with van der Waals surface area (Å²) in [6, 6.07) is 3.82. The molecule has 2 amide bonds. The number of nitrogens with two attached hydrogens (primary N) is 1. The zero-order valence-corrected chi connectivity index (χ0v) is 11.0. The van der Waals surface area contributed by atoms with Gasteiger partial charge in [-0.1, -0.05) is 0 Å². The second-order valence-corrected chi connectivity index (χ2v) is 4.29. The maximum atomic E-state index is 13.0. The molecule has 0 spiro atoms. The molecule has 17 heavy (non-hydrogen) atoms. The predicted octanol–water partition coefficient (Wildman–Crippen LogP) is 1.48. The molecule has 0 aliphatic heterocycles. The fourth-order valence-electron chi connectivity index (χ4n) is 0.928. The minimum Gasteiger partial charge on any atom is -0.382 e. The normalized spacial score (nSPS) is 11.2. The molecule has 0 heterocycles. The lowest BCUT2D eigenvalue weighted by atomic mass is 10.2. The summed E-state index contributed by atoms with van der Waals surface area (Å²) in [5.41, 5.74) is 8.40. The van der Waals surface area contributed by atoms with Gasteiger partial charge in [0.2, 0.25) is 0 Å². The van der Waals surface area contributed by atoms with Gasteiger partial charge in [-0.3, -0.25) is 0 Å². The first-order valence-corrected chi connectivity index (χ1v) is 5.47. The van der Waals surface area contributed by atoms with E-state index in [2.05, 4.69) is 26.5 Å². The lowest BCUT2D eigenvalue weighted by molar-refractivity contribution is 0.218. The molecule has 0 saturated carbocycles. The van der Waals surface area contributed by atoms with Crippen LogP contribution >= 0.6 is 15.9 Å². The highest BCUT2D eigenvalue weighted by molar-refractivity contribution is 9.10. The van der Waals surface area contributed by atoms with Crippen molar-refractivity contribution in [1.29, 1.82) is 0 Å². The van der Waals surface area contributed by atoms with Gasteiger partial charge in [-0.15, -0.1) is 0 Å². The standard InChI is InChI=1S/C10H12BrFN4O/c1-16(2)10(17)15-14-9(13)6-3-4-8(12)7(11)5-6/h3-5H,1-2H3,(H2,13,14)(H,15,17). The molecule has 0 bridgehead atoms. The van der Waals surface area contributed by atoms with Crippen molar-refractivity contribution in [2.75, 3.05) is 14.1 Å². The summed E-state index contributed by atoms with van der Waals surface area (Å²) in [5.74, 6) is -0.292. The number of hydrogen-bond donors (Lipinski definition) is 2. The monoisotopic (exact) mass is 302 g/mol. The number of carbonyl (C=O) groups is 1. The molecule has 0 aromatic heterocycles. The molecule has 0 saturated heterocycles. The summed E-state index contributed by atoms with van der Waals surface area (Å²) in [7, 11) is 3.16. The number of amides is 2. The van der Waals surface area contributed by atoms with Gasteiger partial charge < -0.3 is 10.6 Å². The number of urea groups is 1. The number of nitrogens with one attached hydrogen (secondary N) is 1. The third-order valence-electron chi connectivity index (χ3n) is 1.89. The molecular formula is C10H12BrFN4O. The van der Waals surface area contributed by atoms with Crippen molar-refractivity contribution >= 4 is 27.8 Å². The smallest absolute Gasteiger partial charge is 0.337 e. The number of halogens is 2. The van der Waals surface area contributed by atoms with Crippen LogP contribution in [-0.2, 0) is 0 Å². The van der Waals surface area contributed by atoms with Crippen LogP contribution in [0.5, 0.6) is 0 Å². The Kier molecular flexibility index (Phi) is 4.45. The van der Waals surface area contributed by atoms with Gasteiger partial charge in [0.1, 0.15) is 5.82 Å². The average molecular weight is 303 g/mol. The van der Waals surface area contributed by atoms with Crippen molar-refractivity contribution in [3.63, 3.8) is 0 Å². The molecule has 0 unspecified atom stereocenters. The van der Waals surface area contributed by atoms with Crippen LogP contribution in [0.2, 0.25) is 0 Å². The SMILES string of the molecule is CN(C)C(=O)NN=C(N)c1ccc(F)c(Br)c1. The lowest BCUT2D eigenvalue weighted by Crippen LogP contribution is -2.33. The molecule has 0 fully saturated rings. The minimum atomic E-state index is -0.394. The van der Waals surface area contributed by atoms with E-state index in [4.69, 9.17) is 5.73 Å².